The molecule has 23 heavy (non-hydrogen) atoms. The van der Waals surface area contributed by atoms with E-state index in [1.165, 1.54) is 0 Å². The van der Waals surface area contributed by atoms with E-state index in [0.29, 0.717) is 3.19 Å². The van der Waals surface area contributed by atoms with Gasteiger partial charge in [0.1, 0.15) is 8.07 Å². The van der Waals surface area contributed by atoms with E-state index in [9.17, 15) is 0 Å². The molecule has 0 aliphatic rings. The summed E-state index contributed by atoms with van der Waals surface area (Å²) in [5, 5.41) is 3.11. The van der Waals surface area contributed by atoms with E-state index in [2.05, 4.69) is 116 Å². The second-order valence-electron chi connectivity index (χ2n) is 7.77. The normalized spacial score (nSPS) is 15.5. The molecule has 2 aromatic rings. The van der Waals surface area contributed by atoms with Crippen molar-refractivity contribution in [3.8, 4) is 0 Å². The molecule has 0 spiro atoms. The molecule has 2 aromatic carbocycles. The Balaban J connectivity index is 2.83. The second kappa shape index (κ2) is 6.82. The lowest BCUT2D eigenvalue weighted by Crippen LogP contribution is -2.80. The molecule has 0 N–H and O–H groups in total. The van der Waals surface area contributed by atoms with Crippen molar-refractivity contribution < 1.29 is 0 Å². The summed E-state index contributed by atoms with van der Waals surface area (Å²) in [6, 6.07) is 22.5. The highest BCUT2D eigenvalue weighted by molar-refractivity contribution is 9.11. The summed E-state index contributed by atoms with van der Waals surface area (Å²) in [6.45, 7) is 15.2. The van der Waals surface area contributed by atoms with Gasteiger partial charge in [-0.15, -0.1) is 0 Å². The van der Waals surface area contributed by atoms with E-state index in [0.717, 1.165) is 0 Å². The van der Waals surface area contributed by atoms with Gasteiger partial charge in [-0.3, -0.25) is 0 Å². The van der Waals surface area contributed by atoms with Crippen molar-refractivity contribution in [3.63, 3.8) is 0 Å². The monoisotopic (exact) mass is 419 g/mol. The van der Waals surface area contributed by atoms with Gasteiger partial charge in [0, 0.05) is 3.19 Å². The van der Waals surface area contributed by atoms with Crippen molar-refractivity contribution in [3.05, 3.63) is 60.7 Å². The van der Waals surface area contributed by atoms with E-state index in [1.807, 2.05) is 0 Å². The topological polar surface area (TPSA) is 0 Å². The summed E-state index contributed by atoms with van der Waals surface area (Å²) >= 11 is 4.44. The van der Waals surface area contributed by atoms with Crippen LogP contribution in [0.3, 0.4) is 0 Å². The largest absolute Gasteiger partial charge is 0.125 e. The van der Waals surface area contributed by atoms with Crippen molar-refractivity contribution in [2.75, 3.05) is 0 Å². The fraction of sp³-hybridized carbons (Fsp3) is 0.368. The maximum absolute atomic E-state index is 4.44. The molecule has 0 aliphatic carbocycles. The van der Waals surface area contributed by atoms with Gasteiger partial charge < -0.3 is 0 Å². The molecule has 0 amide bonds. The zero-order chi connectivity index (χ0) is 17.3. The maximum Gasteiger partial charge on any atom is 0.125 e. The molecule has 0 bridgehead atoms. The van der Waals surface area contributed by atoms with Gasteiger partial charge in [-0.25, -0.2) is 0 Å². The molecule has 0 heterocycles. The quantitative estimate of drug-likeness (QED) is 0.485. The van der Waals surface area contributed by atoms with Crippen molar-refractivity contribution in [2.24, 2.45) is 0 Å². The smallest absolute Gasteiger partial charge is 0.0949 e. The number of alkyl halides is 1. The van der Waals surface area contributed by atoms with Crippen LogP contribution in [0.2, 0.25) is 39.3 Å². The van der Waals surface area contributed by atoms with Gasteiger partial charge >= 0.3 is 0 Å². The summed E-state index contributed by atoms with van der Waals surface area (Å²) in [6.07, 6.45) is 0. The van der Waals surface area contributed by atoms with Gasteiger partial charge in [0.05, 0.1) is 16.9 Å². The Hall–Kier alpha value is -0.429. The Morgan fingerprint density at radius 1 is 0.739 bits per heavy atom. The third-order valence-electron chi connectivity index (χ3n) is 5.11. The number of rotatable bonds is 5. The van der Waals surface area contributed by atoms with Gasteiger partial charge in [-0.2, -0.15) is 0 Å². The Labute approximate surface area is 154 Å². The van der Waals surface area contributed by atoms with Crippen LogP contribution in [0.5, 0.6) is 0 Å². The van der Waals surface area contributed by atoms with Crippen LogP contribution in [0.25, 0.3) is 0 Å². The van der Waals surface area contributed by atoms with Crippen LogP contribution < -0.4 is 10.4 Å². The van der Waals surface area contributed by atoms with Gasteiger partial charge in [0.25, 0.3) is 0 Å². The Morgan fingerprint density at radius 3 is 1.35 bits per heavy atom. The van der Waals surface area contributed by atoms with Crippen molar-refractivity contribution in [2.45, 2.75) is 42.5 Å². The molecule has 4 heteroatoms. The number of benzene rings is 2. The van der Waals surface area contributed by atoms with E-state index in [4.69, 9.17) is 0 Å². The van der Waals surface area contributed by atoms with Crippen molar-refractivity contribution in [1.29, 1.82) is 0 Å². The molecular formula is C19H28BrSi3. The first kappa shape index (κ1) is 18.9. The summed E-state index contributed by atoms with van der Waals surface area (Å²) in [5.41, 5.74) is 0. The molecular weight excluding hydrogens is 392 g/mol. The zero-order valence-corrected chi connectivity index (χ0v) is 19.7. The third-order valence-corrected chi connectivity index (χ3v) is 31.7. The number of halogens is 1. The van der Waals surface area contributed by atoms with Crippen LogP contribution in [0.4, 0.5) is 0 Å². The molecule has 2 rings (SSSR count). The minimum atomic E-state index is -1.93. The lowest BCUT2D eigenvalue weighted by molar-refractivity contribution is 1.38. The molecule has 0 fully saturated rings. The molecule has 0 saturated heterocycles. The zero-order valence-electron chi connectivity index (χ0n) is 15.2. The van der Waals surface area contributed by atoms with Gasteiger partial charge in [-0.1, -0.05) is 126 Å². The molecule has 1 unspecified atom stereocenters. The molecule has 1 atom stereocenters. The van der Waals surface area contributed by atoms with Crippen molar-refractivity contribution in [1.82, 2.24) is 0 Å². The first-order valence-electron chi connectivity index (χ1n) is 8.26. The van der Waals surface area contributed by atoms with Crippen LogP contribution >= 0.6 is 15.9 Å². The summed E-state index contributed by atoms with van der Waals surface area (Å²) in [4.78, 5) is 0. The average molecular weight is 421 g/mol. The molecule has 1 radical (unpaired) electrons. The van der Waals surface area contributed by atoms with Crippen LogP contribution in [-0.2, 0) is 0 Å². The molecule has 0 aliphatic heterocycles. The van der Waals surface area contributed by atoms with Crippen LogP contribution in [-0.4, -0.2) is 28.1 Å². The fourth-order valence-corrected chi connectivity index (χ4v) is 26.1. The van der Waals surface area contributed by atoms with Gasteiger partial charge in [0.2, 0.25) is 0 Å². The minimum Gasteiger partial charge on any atom is -0.0949 e. The lowest BCUT2D eigenvalue weighted by Gasteiger charge is -2.53. The van der Waals surface area contributed by atoms with Gasteiger partial charge in [0.15, 0.2) is 0 Å². The number of hydrogen-bond acceptors (Lipinski definition) is 0. The van der Waals surface area contributed by atoms with E-state index < -0.39 is 24.9 Å². The maximum atomic E-state index is 4.44. The van der Waals surface area contributed by atoms with E-state index in [-0.39, 0.29) is 0 Å². The Bertz CT molecular complexity index is 595. The molecule has 0 aromatic heterocycles. The Kier molecular flexibility index (Phi) is 5.61. The summed E-state index contributed by atoms with van der Waals surface area (Å²) < 4.78 is 0.292. The fourth-order valence-electron chi connectivity index (χ4n) is 4.11. The van der Waals surface area contributed by atoms with E-state index >= 15 is 0 Å². The van der Waals surface area contributed by atoms with Crippen LogP contribution in [0, 0.1) is 0 Å². The van der Waals surface area contributed by atoms with E-state index in [1.54, 1.807) is 10.4 Å². The highest BCUT2D eigenvalue weighted by Crippen LogP contribution is 2.41. The lowest BCUT2D eigenvalue weighted by atomic mass is 10.4. The molecule has 0 nitrogen and oxygen atoms in total. The average Bonchev–Trinajstić information content (AvgIpc) is 2.53. The first-order chi connectivity index (χ1) is 10.7. The summed E-state index contributed by atoms with van der Waals surface area (Å²) in [7, 11) is -3.92. The second-order valence-corrected chi connectivity index (χ2v) is 24.8. The van der Waals surface area contributed by atoms with Crippen LogP contribution in [0.15, 0.2) is 60.7 Å². The van der Waals surface area contributed by atoms with Gasteiger partial charge in [-0.05, 0) is 0 Å². The summed E-state index contributed by atoms with van der Waals surface area (Å²) in [5.74, 6) is 0. The first-order valence-corrected chi connectivity index (χ1v) is 17.6. The van der Waals surface area contributed by atoms with Crippen molar-refractivity contribution >= 4 is 51.2 Å². The number of hydrogen-bond donors (Lipinski definition) is 0. The standard InChI is InChI=1S/C19H28BrSi3/c1-21(2)19(20,22(3,4)5)23(6,17-13-9-7-10-14-17)18-15-11-8-12-16-18/h7-16H,1-6H3. The third kappa shape index (κ3) is 3.11. The molecule has 0 saturated carbocycles. The predicted octanol–water partition coefficient (Wildman–Crippen LogP) is 4.72. The molecule has 123 valence electrons. The van der Waals surface area contributed by atoms with Crippen LogP contribution in [0.1, 0.15) is 0 Å². The minimum absolute atomic E-state index is 0.292. The SMILES string of the molecule is C[Si](C)C(Br)([Si](C)(C)C)[Si](C)(c1ccccc1)c1ccccc1. The predicted molar refractivity (Wildman–Crippen MR) is 116 cm³/mol. The highest BCUT2D eigenvalue weighted by atomic mass is 79.9. The Morgan fingerprint density at radius 2 is 1.09 bits per heavy atom. The highest BCUT2D eigenvalue weighted by Gasteiger charge is 2.59.